The maximum atomic E-state index is 12.5. The van der Waals surface area contributed by atoms with E-state index in [1.54, 1.807) is 0 Å². The van der Waals surface area contributed by atoms with Gasteiger partial charge in [0.25, 0.3) is 0 Å². The minimum atomic E-state index is -3.93. The van der Waals surface area contributed by atoms with E-state index >= 15 is 0 Å². The highest BCUT2D eigenvalue weighted by Crippen LogP contribution is 2.24. The van der Waals surface area contributed by atoms with Crippen molar-refractivity contribution in [3.05, 3.63) is 28.8 Å². The van der Waals surface area contributed by atoms with Crippen LogP contribution in [0.15, 0.2) is 23.1 Å². The number of benzene rings is 1. The van der Waals surface area contributed by atoms with Gasteiger partial charge in [-0.25, -0.2) is 22.7 Å². The Bertz CT molecular complexity index is 805. The van der Waals surface area contributed by atoms with E-state index in [-0.39, 0.29) is 41.2 Å². The molecule has 8 nitrogen and oxygen atoms in total. The van der Waals surface area contributed by atoms with Crippen molar-refractivity contribution in [2.45, 2.75) is 36.4 Å². The fourth-order valence-corrected chi connectivity index (χ4v) is 4.29. The summed E-state index contributed by atoms with van der Waals surface area (Å²) in [5, 5.41) is -0.0262. The monoisotopic (exact) mass is 403 g/mol. The SMILES string of the molecule is O=C(O[C@H]1CCOC1=O)c1ccc(Cl)c(S(=O)(=O)NC[C@@H]2CCCO2)c1. The lowest BCUT2D eigenvalue weighted by molar-refractivity contribution is -0.145. The van der Waals surface area contributed by atoms with E-state index in [1.807, 2.05) is 0 Å². The molecule has 10 heteroatoms. The summed E-state index contributed by atoms with van der Waals surface area (Å²) in [4.78, 5) is 23.4. The number of nitrogens with one attached hydrogen (secondary N) is 1. The molecule has 1 aromatic rings. The van der Waals surface area contributed by atoms with E-state index < -0.39 is 28.1 Å². The quantitative estimate of drug-likeness (QED) is 0.712. The number of ether oxygens (including phenoxy) is 3. The third kappa shape index (κ3) is 4.35. The van der Waals surface area contributed by atoms with Crippen LogP contribution >= 0.6 is 11.6 Å². The van der Waals surface area contributed by atoms with Gasteiger partial charge in [-0.2, -0.15) is 0 Å². The van der Waals surface area contributed by atoms with E-state index in [0.717, 1.165) is 18.9 Å². The molecular formula is C16H18ClNO7S. The zero-order valence-electron chi connectivity index (χ0n) is 13.8. The second kappa shape index (κ2) is 7.91. The van der Waals surface area contributed by atoms with Crippen molar-refractivity contribution in [1.82, 2.24) is 4.72 Å². The first-order valence-electron chi connectivity index (χ1n) is 8.15. The van der Waals surface area contributed by atoms with Crippen molar-refractivity contribution < 1.29 is 32.2 Å². The molecule has 3 rings (SSSR count). The molecule has 0 unspecified atom stereocenters. The van der Waals surface area contributed by atoms with Gasteiger partial charge in [0, 0.05) is 19.6 Å². The van der Waals surface area contributed by atoms with Crippen LogP contribution in [0.4, 0.5) is 0 Å². The fraction of sp³-hybridized carbons (Fsp3) is 0.500. The highest BCUT2D eigenvalue weighted by atomic mass is 35.5. The van der Waals surface area contributed by atoms with Crippen LogP contribution in [0.25, 0.3) is 0 Å². The lowest BCUT2D eigenvalue weighted by atomic mass is 10.2. The van der Waals surface area contributed by atoms with Crippen LogP contribution in [0.2, 0.25) is 5.02 Å². The number of sulfonamides is 1. The molecule has 1 aromatic carbocycles. The first-order valence-corrected chi connectivity index (χ1v) is 10.0. The first kappa shape index (κ1) is 19.1. The molecule has 0 saturated carbocycles. The molecular weight excluding hydrogens is 386 g/mol. The Hall–Kier alpha value is -1.68. The van der Waals surface area contributed by atoms with Crippen LogP contribution in [0.1, 0.15) is 29.6 Å². The number of cyclic esters (lactones) is 1. The molecule has 2 heterocycles. The van der Waals surface area contributed by atoms with E-state index in [2.05, 4.69) is 4.72 Å². The van der Waals surface area contributed by atoms with Gasteiger partial charge in [0.1, 0.15) is 4.90 Å². The molecule has 2 saturated heterocycles. The number of esters is 2. The molecule has 26 heavy (non-hydrogen) atoms. The lowest BCUT2D eigenvalue weighted by Gasteiger charge is -2.13. The summed E-state index contributed by atoms with van der Waals surface area (Å²) >= 11 is 6.00. The second-order valence-corrected chi connectivity index (χ2v) is 8.12. The number of halogens is 1. The standard InChI is InChI=1S/C16H18ClNO7S/c17-12-4-3-10(15(19)25-13-5-7-24-16(13)20)8-14(12)26(21,22)18-9-11-2-1-6-23-11/h3-4,8,11,13,18H,1-2,5-7,9H2/t11-,13-/m0/s1. The van der Waals surface area contributed by atoms with E-state index in [4.69, 9.17) is 25.8 Å². The molecule has 0 amide bonds. The van der Waals surface area contributed by atoms with E-state index in [9.17, 15) is 18.0 Å². The molecule has 0 radical (unpaired) electrons. The topological polar surface area (TPSA) is 108 Å². The zero-order valence-corrected chi connectivity index (χ0v) is 15.3. The molecule has 2 atom stereocenters. The number of carbonyl (C=O) groups is 2. The number of hydrogen-bond donors (Lipinski definition) is 1. The predicted molar refractivity (Wildman–Crippen MR) is 90.4 cm³/mol. The molecule has 1 N–H and O–H groups in total. The van der Waals surface area contributed by atoms with Gasteiger partial charge in [0.2, 0.25) is 16.1 Å². The van der Waals surface area contributed by atoms with Crippen LogP contribution in [-0.4, -0.2) is 52.3 Å². The smallest absolute Gasteiger partial charge is 0.347 e. The summed E-state index contributed by atoms with van der Waals surface area (Å²) < 4.78 is 42.6. The summed E-state index contributed by atoms with van der Waals surface area (Å²) in [6.45, 7) is 0.920. The molecule has 2 aliphatic heterocycles. The Morgan fingerprint density at radius 1 is 1.31 bits per heavy atom. The third-order valence-electron chi connectivity index (χ3n) is 4.12. The van der Waals surface area contributed by atoms with Gasteiger partial charge in [-0.3, -0.25) is 0 Å². The Morgan fingerprint density at radius 3 is 2.77 bits per heavy atom. The Balaban J connectivity index is 1.73. The van der Waals surface area contributed by atoms with Gasteiger partial charge in [-0.1, -0.05) is 11.6 Å². The molecule has 142 valence electrons. The van der Waals surface area contributed by atoms with Crippen molar-refractivity contribution >= 4 is 33.6 Å². The first-order chi connectivity index (χ1) is 12.4. The van der Waals surface area contributed by atoms with Gasteiger partial charge in [-0.15, -0.1) is 0 Å². The largest absolute Gasteiger partial charge is 0.463 e. The summed E-state index contributed by atoms with van der Waals surface area (Å²) in [5.41, 5.74) is -0.0217. The maximum Gasteiger partial charge on any atom is 0.347 e. The van der Waals surface area contributed by atoms with Crippen molar-refractivity contribution in [1.29, 1.82) is 0 Å². The van der Waals surface area contributed by atoms with Crippen LogP contribution in [0.5, 0.6) is 0 Å². The number of carbonyl (C=O) groups excluding carboxylic acids is 2. The van der Waals surface area contributed by atoms with Crippen molar-refractivity contribution in [2.24, 2.45) is 0 Å². The van der Waals surface area contributed by atoms with Crippen LogP contribution in [-0.2, 0) is 29.0 Å². The molecule has 2 aliphatic rings. The predicted octanol–water partition coefficient (Wildman–Crippen LogP) is 1.27. The van der Waals surface area contributed by atoms with Gasteiger partial charge in [0.05, 0.1) is 23.3 Å². The van der Waals surface area contributed by atoms with Gasteiger partial charge in [-0.05, 0) is 31.0 Å². The summed E-state index contributed by atoms with van der Waals surface area (Å²) in [7, 11) is -3.93. The number of hydrogen-bond acceptors (Lipinski definition) is 7. The van der Waals surface area contributed by atoms with Crippen molar-refractivity contribution in [2.75, 3.05) is 19.8 Å². The molecule has 0 aliphatic carbocycles. The molecule has 0 spiro atoms. The Kier molecular flexibility index (Phi) is 5.81. The average Bonchev–Trinajstić information content (AvgIpc) is 3.25. The van der Waals surface area contributed by atoms with Gasteiger partial charge < -0.3 is 14.2 Å². The highest BCUT2D eigenvalue weighted by molar-refractivity contribution is 7.89. The van der Waals surface area contributed by atoms with Crippen LogP contribution < -0.4 is 4.72 Å². The molecule has 0 bridgehead atoms. The molecule has 2 fully saturated rings. The van der Waals surface area contributed by atoms with Crippen molar-refractivity contribution in [3.63, 3.8) is 0 Å². The van der Waals surface area contributed by atoms with E-state index in [0.29, 0.717) is 6.61 Å². The Morgan fingerprint density at radius 2 is 2.12 bits per heavy atom. The van der Waals surface area contributed by atoms with Crippen LogP contribution in [0.3, 0.4) is 0 Å². The zero-order chi connectivity index (χ0) is 18.7. The average molecular weight is 404 g/mol. The molecule has 0 aromatic heterocycles. The normalized spacial score (nSPS) is 23.0. The Labute approximate surface area is 155 Å². The maximum absolute atomic E-state index is 12.5. The van der Waals surface area contributed by atoms with E-state index in [1.165, 1.54) is 12.1 Å². The van der Waals surface area contributed by atoms with Crippen LogP contribution in [0, 0.1) is 0 Å². The van der Waals surface area contributed by atoms with Gasteiger partial charge >= 0.3 is 11.9 Å². The fourth-order valence-electron chi connectivity index (χ4n) is 2.70. The van der Waals surface area contributed by atoms with Crippen molar-refractivity contribution in [3.8, 4) is 0 Å². The minimum absolute atomic E-state index is 0.0217. The highest BCUT2D eigenvalue weighted by Gasteiger charge is 2.31. The minimum Gasteiger partial charge on any atom is -0.463 e. The second-order valence-electron chi connectivity index (χ2n) is 5.98. The summed E-state index contributed by atoms with van der Waals surface area (Å²) in [5.74, 6) is -1.43. The number of rotatable bonds is 6. The third-order valence-corrected chi connectivity index (χ3v) is 6.02. The summed E-state index contributed by atoms with van der Waals surface area (Å²) in [6, 6.07) is 3.76. The van der Waals surface area contributed by atoms with Gasteiger partial charge in [0.15, 0.2) is 0 Å². The lowest BCUT2D eigenvalue weighted by Crippen LogP contribution is -2.32. The summed E-state index contributed by atoms with van der Waals surface area (Å²) in [6.07, 6.45) is 0.783.